The SMILES string of the molecule is Nc1nnc(-c2ccc(Br)cc2Br)n1N. The van der Waals surface area contributed by atoms with Crippen molar-refractivity contribution in [2.45, 2.75) is 0 Å². The van der Waals surface area contributed by atoms with Gasteiger partial charge in [-0.15, -0.1) is 10.2 Å². The first-order valence-electron chi connectivity index (χ1n) is 4.01. The summed E-state index contributed by atoms with van der Waals surface area (Å²) in [7, 11) is 0. The van der Waals surface area contributed by atoms with Crippen LogP contribution in [0.4, 0.5) is 5.95 Å². The summed E-state index contributed by atoms with van der Waals surface area (Å²) >= 11 is 6.78. The van der Waals surface area contributed by atoms with Crippen LogP contribution in [0.1, 0.15) is 0 Å². The van der Waals surface area contributed by atoms with E-state index in [4.69, 9.17) is 11.6 Å². The number of benzene rings is 1. The molecule has 4 N–H and O–H groups in total. The topological polar surface area (TPSA) is 82.8 Å². The van der Waals surface area contributed by atoms with Crippen LogP contribution < -0.4 is 11.6 Å². The molecule has 0 fully saturated rings. The average Bonchev–Trinajstić information content (AvgIpc) is 2.49. The van der Waals surface area contributed by atoms with Crippen LogP contribution in [0.3, 0.4) is 0 Å². The van der Waals surface area contributed by atoms with Gasteiger partial charge in [-0.1, -0.05) is 15.9 Å². The molecule has 0 amide bonds. The normalized spacial score (nSPS) is 10.5. The first-order chi connectivity index (χ1) is 7.09. The minimum absolute atomic E-state index is 0.180. The second-order valence-corrected chi connectivity index (χ2v) is 4.65. The summed E-state index contributed by atoms with van der Waals surface area (Å²) in [5, 5.41) is 7.58. The van der Waals surface area contributed by atoms with Gasteiger partial charge in [0.25, 0.3) is 0 Å². The third-order valence-electron chi connectivity index (χ3n) is 1.89. The van der Waals surface area contributed by atoms with Crippen LogP contribution in [0.15, 0.2) is 27.1 Å². The number of halogens is 2. The molecule has 0 unspecified atom stereocenters. The Hall–Kier alpha value is -1.08. The Morgan fingerprint density at radius 1 is 1.20 bits per heavy atom. The maximum absolute atomic E-state index is 5.68. The molecule has 15 heavy (non-hydrogen) atoms. The molecule has 0 radical (unpaired) electrons. The lowest BCUT2D eigenvalue weighted by molar-refractivity contribution is 1.02. The molecule has 7 heteroatoms. The second kappa shape index (κ2) is 3.82. The quantitative estimate of drug-likeness (QED) is 0.779. The van der Waals surface area contributed by atoms with Crippen molar-refractivity contribution in [1.29, 1.82) is 0 Å². The molecule has 2 rings (SSSR count). The van der Waals surface area contributed by atoms with Crippen LogP contribution in [0.2, 0.25) is 0 Å². The number of rotatable bonds is 1. The Kier molecular flexibility index (Phi) is 2.66. The van der Waals surface area contributed by atoms with Gasteiger partial charge >= 0.3 is 0 Å². The van der Waals surface area contributed by atoms with Crippen molar-refractivity contribution >= 4 is 37.8 Å². The summed E-state index contributed by atoms with van der Waals surface area (Å²) in [6.07, 6.45) is 0. The fourth-order valence-corrected chi connectivity index (χ4v) is 2.38. The average molecular weight is 333 g/mol. The van der Waals surface area contributed by atoms with Crippen molar-refractivity contribution in [2.75, 3.05) is 11.6 Å². The predicted molar refractivity (Wildman–Crippen MR) is 65.4 cm³/mol. The lowest BCUT2D eigenvalue weighted by Gasteiger charge is -2.04. The first-order valence-corrected chi connectivity index (χ1v) is 5.59. The van der Waals surface area contributed by atoms with E-state index in [1.54, 1.807) is 0 Å². The van der Waals surface area contributed by atoms with Crippen molar-refractivity contribution in [2.24, 2.45) is 0 Å². The number of nitrogens with zero attached hydrogens (tertiary/aromatic N) is 3. The molecule has 1 aromatic heterocycles. The number of nitrogen functional groups attached to an aromatic ring is 2. The van der Waals surface area contributed by atoms with Gasteiger partial charge in [0, 0.05) is 14.5 Å². The van der Waals surface area contributed by atoms with Crippen LogP contribution in [-0.4, -0.2) is 14.9 Å². The summed E-state index contributed by atoms with van der Waals surface area (Å²) in [6.45, 7) is 0. The standard InChI is InChI=1S/C8H7Br2N5/c9-4-1-2-5(6(10)3-4)7-13-14-8(11)15(7)12/h1-3H,12H2,(H2,11,14). The fourth-order valence-electron chi connectivity index (χ4n) is 1.16. The molecular formula is C8H7Br2N5. The smallest absolute Gasteiger partial charge is 0.241 e. The Morgan fingerprint density at radius 3 is 2.47 bits per heavy atom. The molecular weight excluding hydrogens is 326 g/mol. The van der Waals surface area contributed by atoms with Crippen LogP contribution in [0, 0.1) is 0 Å². The fraction of sp³-hybridized carbons (Fsp3) is 0. The largest absolute Gasteiger partial charge is 0.366 e. The molecule has 0 saturated carbocycles. The molecule has 0 aliphatic carbocycles. The Labute approximate surface area is 103 Å². The minimum atomic E-state index is 0.180. The van der Waals surface area contributed by atoms with Gasteiger partial charge in [0.2, 0.25) is 5.95 Å². The molecule has 2 aromatic rings. The van der Waals surface area contributed by atoms with Crippen LogP contribution in [0.25, 0.3) is 11.4 Å². The first kappa shape index (κ1) is 10.4. The van der Waals surface area contributed by atoms with Crippen molar-refractivity contribution in [3.8, 4) is 11.4 Å². The number of hydrogen-bond acceptors (Lipinski definition) is 4. The van der Waals surface area contributed by atoms with Gasteiger partial charge in [0.1, 0.15) is 0 Å². The van der Waals surface area contributed by atoms with E-state index in [2.05, 4.69) is 42.1 Å². The number of nitrogens with two attached hydrogens (primary N) is 2. The summed E-state index contributed by atoms with van der Waals surface area (Å²) in [4.78, 5) is 0. The molecule has 1 heterocycles. The van der Waals surface area contributed by atoms with Crippen molar-refractivity contribution in [3.05, 3.63) is 27.1 Å². The molecule has 0 spiro atoms. The molecule has 5 nitrogen and oxygen atoms in total. The summed E-state index contributed by atoms with van der Waals surface area (Å²) in [5.74, 6) is 6.38. The number of aromatic nitrogens is 3. The van der Waals surface area contributed by atoms with Crippen LogP contribution in [-0.2, 0) is 0 Å². The van der Waals surface area contributed by atoms with E-state index in [-0.39, 0.29) is 5.95 Å². The van der Waals surface area contributed by atoms with Gasteiger partial charge in [0.15, 0.2) is 5.82 Å². The Bertz CT molecular complexity index is 508. The van der Waals surface area contributed by atoms with E-state index in [1.807, 2.05) is 18.2 Å². The predicted octanol–water partition coefficient (Wildman–Crippen LogP) is 1.77. The van der Waals surface area contributed by atoms with Crippen molar-refractivity contribution < 1.29 is 0 Å². The van der Waals surface area contributed by atoms with E-state index < -0.39 is 0 Å². The van der Waals surface area contributed by atoms with Gasteiger partial charge in [-0.05, 0) is 34.1 Å². The van der Waals surface area contributed by atoms with E-state index in [1.165, 1.54) is 4.68 Å². The molecule has 0 bridgehead atoms. The highest BCUT2D eigenvalue weighted by molar-refractivity contribution is 9.11. The Morgan fingerprint density at radius 2 is 1.93 bits per heavy atom. The van der Waals surface area contributed by atoms with Crippen LogP contribution in [0.5, 0.6) is 0 Å². The third kappa shape index (κ3) is 1.84. The lowest BCUT2D eigenvalue weighted by Crippen LogP contribution is -2.13. The summed E-state index contributed by atoms with van der Waals surface area (Å²) < 4.78 is 3.08. The van der Waals surface area contributed by atoms with Crippen molar-refractivity contribution in [1.82, 2.24) is 14.9 Å². The molecule has 0 aliphatic heterocycles. The molecule has 78 valence electrons. The summed E-state index contributed by atoms with van der Waals surface area (Å²) in [5.41, 5.74) is 6.34. The minimum Gasteiger partial charge on any atom is -0.366 e. The highest BCUT2D eigenvalue weighted by Crippen LogP contribution is 2.29. The van der Waals surface area contributed by atoms with Gasteiger partial charge in [0.05, 0.1) is 0 Å². The maximum atomic E-state index is 5.68. The zero-order valence-electron chi connectivity index (χ0n) is 7.48. The van der Waals surface area contributed by atoms with E-state index in [0.29, 0.717) is 5.82 Å². The maximum Gasteiger partial charge on any atom is 0.241 e. The highest BCUT2D eigenvalue weighted by atomic mass is 79.9. The Balaban J connectivity index is 2.59. The van der Waals surface area contributed by atoms with E-state index in [9.17, 15) is 0 Å². The summed E-state index contributed by atoms with van der Waals surface area (Å²) in [6, 6.07) is 5.67. The molecule has 0 saturated heterocycles. The van der Waals surface area contributed by atoms with Gasteiger partial charge < -0.3 is 11.6 Å². The highest BCUT2D eigenvalue weighted by Gasteiger charge is 2.12. The van der Waals surface area contributed by atoms with E-state index in [0.717, 1.165) is 14.5 Å². The zero-order valence-corrected chi connectivity index (χ0v) is 10.7. The van der Waals surface area contributed by atoms with E-state index >= 15 is 0 Å². The van der Waals surface area contributed by atoms with Crippen molar-refractivity contribution in [3.63, 3.8) is 0 Å². The molecule has 0 aliphatic rings. The number of anilines is 1. The number of hydrogen-bond donors (Lipinski definition) is 2. The van der Waals surface area contributed by atoms with Gasteiger partial charge in [-0.2, -0.15) is 0 Å². The van der Waals surface area contributed by atoms with Gasteiger partial charge in [-0.25, -0.2) is 4.68 Å². The monoisotopic (exact) mass is 331 g/mol. The molecule has 0 atom stereocenters. The zero-order chi connectivity index (χ0) is 11.0. The third-order valence-corrected chi connectivity index (χ3v) is 3.04. The van der Waals surface area contributed by atoms with Crippen LogP contribution >= 0.6 is 31.9 Å². The van der Waals surface area contributed by atoms with Gasteiger partial charge in [-0.3, -0.25) is 0 Å². The lowest BCUT2D eigenvalue weighted by atomic mass is 10.2. The molecule has 1 aromatic carbocycles. The second-order valence-electron chi connectivity index (χ2n) is 2.88.